The SMILES string of the molecule is CSc1ccc(NC(O)CCc2c(C(N)=O)nn(C)c(=O)c2C)c(F)c1. The number of nitrogens with zero attached hydrogens (tertiary/aromatic N) is 2. The lowest BCUT2D eigenvalue weighted by atomic mass is 10.0. The molecule has 0 aliphatic heterocycles. The summed E-state index contributed by atoms with van der Waals surface area (Å²) in [6, 6.07) is 4.66. The number of anilines is 1. The van der Waals surface area contributed by atoms with Crippen LogP contribution in [0.3, 0.4) is 0 Å². The van der Waals surface area contributed by atoms with Crippen molar-refractivity contribution >= 4 is 23.4 Å². The lowest BCUT2D eigenvalue weighted by Gasteiger charge is -2.17. The number of aryl methyl sites for hydroxylation is 1. The predicted octanol–water partition coefficient (Wildman–Crippen LogP) is 1.41. The Morgan fingerprint density at radius 1 is 1.50 bits per heavy atom. The van der Waals surface area contributed by atoms with Crippen LogP contribution in [0.15, 0.2) is 27.9 Å². The van der Waals surface area contributed by atoms with Gasteiger partial charge in [0.15, 0.2) is 5.69 Å². The van der Waals surface area contributed by atoms with Crippen LogP contribution in [0.5, 0.6) is 0 Å². The molecule has 140 valence electrons. The van der Waals surface area contributed by atoms with E-state index in [1.807, 2.05) is 6.26 Å². The van der Waals surface area contributed by atoms with E-state index in [9.17, 15) is 19.1 Å². The van der Waals surface area contributed by atoms with Gasteiger partial charge in [-0.2, -0.15) is 5.10 Å². The molecule has 1 unspecified atom stereocenters. The van der Waals surface area contributed by atoms with Gasteiger partial charge in [-0.1, -0.05) is 0 Å². The highest BCUT2D eigenvalue weighted by Gasteiger charge is 2.18. The van der Waals surface area contributed by atoms with Crippen LogP contribution in [-0.4, -0.2) is 33.3 Å². The molecule has 1 amide bonds. The van der Waals surface area contributed by atoms with Crippen molar-refractivity contribution in [3.8, 4) is 0 Å². The average Bonchev–Trinajstić information content (AvgIpc) is 2.60. The lowest BCUT2D eigenvalue weighted by Crippen LogP contribution is -2.30. The summed E-state index contributed by atoms with van der Waals surface area (Å²) in [6.45, 7) is 1.58. The van der Waals surface area contributed by atoms with Crippen LogP contribution in [0.1, 0.15) is 28.0 Å². The number of aliphatic hydroxyl groups is 1. The number of carbonyl (C=O) groups is 1. The predicted molar refractivity (Wildman–Crippen MR) is 98.9 cm³/mol. The van der Waals surface area contributed by atoms with Gasteiger partial charge in [0.05, 0.1) is 5.69 Å². The quantitative estimate of drug-likeness (QED) is 0.495. The van der Waals surface area contributed by atoms with Crippen molar-refractivity contribution in [1.82, 2.24) is 9.78 Å². The number of primary amides is 1. The highest BCUT2D eigenvalue weighted by atomic mass is 32.2. The summed E-state index contributed by atoms with van der Waals surface area (Å²) in [5.74, 6) is -1.22. The molecule has 26 heavy (non-hydrogen) atoms. The van der Waals surface area contributed by atoms with Gasteiger partial charge in [0.1, 0.15) is 12.0 Å². The fourth-order valence-electron chi connectivity index (χ4n) is 2.58. The van der Waals surface area contributed by atoms with E-state index in [0.29, 0.717) is 11.1 Å². The van der Waals surface area contributed by atoms with E-state index in [0.717, 1.165) is 9.58 Å². The minimum atomic E-state index is -1.08. The minimum absolute atomic E-state index is 0.00713. The number of hydrogen-bond acceptors (Lipinski definition) is 6. The molecule has 0 radical (unpaired) electrons. The standard InChI is InChI=1S/C17H21FN4O3S/c1-9-11(15(16(19)24)21-22(2)17(9)25)5-7-14(23)20-13-6-4-10(26-3)8-12(13)18/h4,6,8,14,20,23H,5,7H2,1-3H3,(H2,19,24). The van der Waals surface area contributed by atoms with E-state index in [-0.39, 0.29) is 29.8 Å². The lowest BCUT2D eigenvalue weighted by molar-refractivity contribution is 0.0991. The largest absolute Gasteiger partial charge is 0.374 e. The Morgan fingerprint density at radius 2 is 2.19 bits per heavy atom. The Morgan fingerprint density at radius 3 is 2.77 bits per heavy atom. The molecule has 1 heterocycles. The molecule has 4 N–H and O–H groups in total. The Bertz CT molecular complexity index is 885. The molecule has 0 fully saturated rings. The zero-order valence-corrected chi connectivity index (χ0v) is 15.6. The molecule has 1 aromatic carbocycles. The number of hydrogen-bond donors (Lipinski definition) is 3. The normalized spacial score (nSPS) is 12.0. The number of benzene rings is 1. The van der Waals surface area contributed by atoms with Crippen molar-refractivity contribution in [2.45, 2.75) is 30.9 Å². The zero-order valence-electron chi connectivity index (χ0n) is 14.7. The Kier molecular flexibility index (Phi) is 6.38. The van der Waals surface area contributed by atoms with E-state index in [1.54, 1.807) is 19.1 Å². The first kappa shape index (κ1) is 19.9. The van der Waals surface area contributed by atoms with Crippen molar-refractivity contribution in [2.75, 3.05) is 11.6 Å². The van der Waals surface area contributed by atoms with Crippen molar-refractivity contribution in [1.29, 1.82) is 0 Å². The molecular formula is C17H21FN4O3S. The summed E-state index contributed by atoms with van der Waals surface area (Å²) in [5.41, 5.74) is 5.89. The van der Waals surface area contributed by atoms with E-state index in [4.69, 9.17) is 5.73 Å². The molecule has 1 atom stereocenters. The smallest absolute Gasteiger partial charge is 0.269 e. The second kappa shape index (κ2) is 8.33. The van der Waals surface area contributed by atoms with Crippen LogP contribution in [0, 0.1) is 12.7 Å². The first-order chi connectivity index (χ1) is 12.2. The highest BCUT2D eigenvalue weighted by Crippen LogP contribution is 2.22. The first-order valence-corrected chi connectivity index (χ1v) is 9.11. The maximum atomic E-state index is 14.0. The fourth-order valence-corrected chi connectivity index (χ4v) is 3.01. The Balaban J connectivity index is 2.15. The number of nitrogens with two attached hydrogens (primary N) is 1. The number of rotatable bonds is 7. The number of halogens is 1. The van der Waals surface area contributed by atoms with Gasteiger partial charge in [-0.05, 0) is 49.8 Å². The van der Waals surface area contributed by atoms with E-state index >= 15 is 0 Å². The van der Waals surface area contributed by atoms with Crippen molar-refractivity contribution < 1.29 is 14.3 Å². The zero-order chi connectivity index (χ0) is 19.4. The molecule has 0 saturated heterocycles. The topological polar surface area (TPSA) is 110 Å². The Hall–Kier alpha value is -2.39. The van der Waals surface area contributed by atoms with Crippen LogP contribution in [0.4, 0.5) is 10.1 Å². The molecule has 0 aliphatic carbocycles. The number of nitrogens with one attached hydrogen (secondary N) is 1. The van der Waals surface area contributed by atoms with Crippen LogP contribution in [0.25, 0.3) is 0 Å². The summed E-state index contributed by atoms with van der Waals surface area (Å²) >= 11 is 1.41. The summed E-state index contributed by atoms with van der Waals surface area (Å²) < 4.78 is 15.0. The van der Waals surface area contributed by atoms with Crippen molar-refractivity contribution in [2.24, 2.45) is 12.8 Å². The molecule has 2 rings (SSSR count). The van der Waals surface area contributed by atoms with Gasteiger partial charge in [-0.15, -0.1) is 11.8 Å². The first-order valence-electron chi connectivity index (χ1n) is 7.89. The molecule has 0 saturated carbocycles. The third-order valence-corrected chi connectivity index (χ3v) is 4.73. The second-order valence-corrected chi connectivity index (χ2v) is 6.67. The van der Waals surface area contributed by atoms with E-state index in [1.165, 1.54) is 24.9 Å². The fraction of sp³-hybridized carbons (Fsp3) is 0.353. The van der Waals surface area contributed by atoms with Crippen LogP contribution < -0.4 is 16.6 Å². The highest BCUT2D eigenvalue weighted by molar-refractivity contribution is 7.98. The van der Waals surface area contributed by atoms with Gasteiger partial charge >= 0.3 is 0 Å². The maximum absolute atomic E-state index is 14.0. The van der Waals surface area contributed by atoms with Crippen LogP contribution in [0.2, 0.25) is 0 Å². The molecule has 0 bridgehead atoms. The van der Waals surface area contributed by atoms with Gasteiger partial charge in [0, 0.05) is 17.5 Å². The van der Waals surface area contributed by atoms with E-state index in [2.05, 4.69) is 10.4 Å². The summed E-state index contributed by atoms with van der Waals surface area (Å²) in [6.07, 6.45) is 1.09. The molecule has 2 aromatic rings. The molecule has 7 nitrogen and oxygen atoms in total. The van der Waals surface area contributed by atoms with Gasteiger partial charge in [-0.25, -0.2) is 9.07 Å². The third kappa shape index (κ3) is 4.41. The molecule has 0 aliphatic rings. The number of thioether (sulfide) groups is 1. The third-order valence-electron chi connectivity index (χ3n) is 4.00. The minimum Gasteiger partial charge on any atom is -0.374 e. The molecule has 9 heteroatoms. The molecule has 0 spiro atoms. The van der Waals surface area contributed by atoms with E-state index < -0.39 is 18.0 Å². The second-order valence-electron chi connectivity index (χ2n) is 5.79. The van der Waals surface area contributed by atoms with Crippen molar-refractivity contribution in [3.63, 3.8) is 0 Å². The van der Waals surface area contributed by atoms with Crippen LogP contribution in [-0.2, 0) is 13.5 Å². The number of aromatic nitrogens is 2. The van der Waals surface area contributed by atoms with Gasteiger partial charge < -0.3 is 16.2 Å². The summed E-state index contributed by atoms with van der Waals surface area (Å²) in [4.78, 5) is 24.4. The van der Waals surface area contributed by atoms with Crippen molar-refractivity contribution in [3.05, 3.63) is 51.2 Å². The van der Waals surface area contributed by atoms with Gasteiger partial charge in [-0.3, -0.25) is 9.59 Å². The number of aliphatic hydroxyl groups excluding tert-OH is 1. The van der Waals surface area contributed by atoms with Gasteiger partial charge in [0.25, 0.3) is 11.5 Å². The summed E-state index contributed by atoms with van der Waals surface area (Å²) in [7, 11) is 1.43. The molecular weight excluding hydrogens is 359 g/mol. The monoisotopic (exact) mass is 380 g/mol. The van der Waals surface area contributed by atoms with Gasteiger partial charge in [0.2, 0.25) is 0 Å². The Labute approximate surface area is 154 Å². The van der Waals surface area contributed by atoms with Crippen LogP contribution >= 0.6 is 11.8 Å². The maximum Gasteiger partial charge on any atom is 0.269 e. The molecule has 1 aromatic heterocycles. The number of amides is 1. The average molecular weight is 380 g/mol. The number of carbonyl (C=O) groups excluding carboxylic acids is 1. The summed E-state index contributed by atoms with van der Waals surface area (Å²) in [5, 5.41) is 16.7.